The van der Waals surface area contributed by atoms with E-state index >= 15 is 0 Å². The number of H-pyrrole nitrogens is 1. The van der Waals surface area contributed by atoms with Crippen LogP contribution in [0.15, 0.2) is 106 Å². The number of aromatic amines is 1. The van der Waals surface area contributed by atoms with E-state index in [0.717, 1.165) is 46.7 Å². The Labute approximate surface area is 389 Å². The topological polar surface area (TPSA) is 133 Å². The second-order valence-electron chi connectivity index (χ2n) is 16.7. The number of carbonyl (C=O) groups excluding carboxylic acids is 1. The number of aromatic hydroxyl groups is 1. The Morgan fingerprint density at radius 2 is 1.46 bits per heavy atom. The molecule has 10 nitrogen and oxygen atoms in total. The van der Waals surface area contributed by atoms with Gasteiger partial charge in [0.1, 0.15) is 17.2 Å². The molecule has 14 heteroatoms. The van der Waals surface area contributed by atoms with Gasteiger partial charge in [0.25, 0.3) is 5.91 Å². The van der Waals surface area contributed by atoms with Crippen LogP contribution in [0.3, 0.4) is 0 Å². The molecule has 1 amide bonds. The number of fused-ring (bicyclic) bond motifs is 1. The Morgan fingerprint density at radius 3 is 2.16 bits per heavy atom. The second-order valence-corrected chi connectivity index (χ2v) is 18.4. The molecule has 0 saturated heterocycles. The summed E-state index contributed by atoms with van der Waals surface area (Å²) in [7, 11) is 0. The minimum absolute atomic E-state index is 0.0935. The first-order valence-corrected chi connectivity index (χ1v) is 23.0. The highest BCUT2D eigenvalue weighted by Crippen LogP contribution is 2.37. The zero-order valence-corrected chi connectivity index (χ0v) is 39.1. The predicted octanol–water partition coefficient (Wildman–Crippen LogP) is 15.8. The van der Waals surface area contributed by atoms with Gasteiger partial charge in [-0.2, -0.15) is 0 Å². The van der Waals surface area contributed by atoms with Crippen molar-refractivity contribution >= 4 is 91.7 Å². The standard InChI is InChI=1S/C49H54Cl4N6O4/c1-5-6-7-8-9-10-11-12-13-14-22-43(63-34-24-26-42(60)36(30-34)49(2,3)4)47(61)54-33-23-25-37(51)41(29-33)55-46-44(57-56-40-21-17-19-31-18-15-16-20-35(31)40)48(62)59(58-46)45-38(52)27-32(50)28-39(45)53/h15-21,23-30,43,55,58,60H,5-14,22H2,1-4H3,(H,54,61). The van der Waals surface area contributed by atoms with Crippen LogP contribution < -0.4 is 20.9 Å². The molecule has 6 rings (SSSR count). The lowest BCUT2D eigenvalue weighted by atomic mass is 9.86. The van der Waals surface area contributed by atoms with Crippen LogP contribution in [0, 0.1) is 0 Å². The van der Waals surface area contributed by atoms with Gasteiger partial charge in [0, 0.05) is 21.7 Å². The number of amides is 1. The van der Waals surface area contributed by atoms with E-state index in [2.05, 4.69) is 32.9 Å². The van der Waals surface area contributed by atoms with E-state index in [1.54, 1.807) is 42.5 Å². The van der Waals surface area contributed by atoms with Gasteiger partial charge >= 0.3 is 5.56 Å². The summed E-state index contributed by atoms with van der Waals surface area (Å²) < 4.78 is 7.56. The van der Waals surface area contributed by atoms with Crippen LogP contribution in [0.2, 0.25) is 20.1 Å². The average Bonchev–Trinajstić information content (AvgIpc) is 3.54. The maximum Gasteiger partial charge on any atom is 0.301 e. The maximum atomic E-state index is 14.1. The van der Waals surface area contributed by atoms with Crippen molar-refractivity contribution in [2.45, 2.75) is 110 Å². The van der Waals surface area contributed by atoms with Crippen molar-refractivity contribution in [3.8, 4) is 17.2 Å². The number of phenolic OH excluding ortho intramolecular Hbond substituents is 1. The number of azo groups is 1. The van der Waals surface area contributed by atoms with Crippen LogP contribution in [0.4, 0.5) is 28.6 Å². The largest absolute Gasteiger partial charge is 0.508 e. The van der Waals surface area contributed by atoms with Gasteiger partial charge < -0.3 is 20.5 Å². The Morgan fingerprint density at radius 1 is 0.794 bits per heavy atom. The van der Waals surface area contributed by atoms with Crippen LogP contribution in [-0.2, 0) is 10.2 Å². The molecule has 0 saturated carbocycles. The SMILES string of the molecule is CCCCCCCCCCCCC(Oc1ccc(O)c(C(C)(C)C)c1)C(=O)Nc1ccc(Cl)c(Nc2[nH]n(-c3c(Cl)cc(Cl)cc3Cl)c(=O)c2N=Nc2cccc3ccccc23)c1. The number of hydrogen-bond acceptors (Lipinski definition) is 7. The average molecular weight is 933 g/mol. The van der Waals surface area contributed by atoms with Gasteiger partial charge in [0.2, 0.25) is 0 Å². The molecule has 0 aliphatic heterocycles. The zero-order valence-electron chi connectivity index (χ0n) is 36.0. The highest BCUT2D eigenvalue weighted by Gasteiger charge is 2.25. The van der Waals surface area contributed by atoms with Crippen LogP contribution in [0.5, 0.6) is 11.5 Å². The Hall–Kier alpha value is -5.00. The summed E-state index contributed by atoms with van der Waals surface area (Å²) in [6.07, 6.45) is 11.3. The Kier molecular flexibility index (Phi) is 16.6. The van der Waals surface area contributed by atoms with Crippen molar-refractivity contribution < 1.29 is 14.6 Å². The van der Waals surface area contributed by atoms with Crippen LogP contribution in [0.25, 0.3) is 16.5 Å². The summed E-state index contributed by atoms with van der Waals surface area (Å²) in [5.74, 6) is 0.435. The first-order chi connectivity index (χ1) is 30.2. The molecule has 6 aromatic rings. The van der Waals surface area contributed by atoms with Crippen molar-refractivity contribution in [1.29, 1.82) is 0 Å². The summed E-state index contributed by atoms with van der Waals surface area (Å²) in [6, 6.07) is 26.3. The lowest BCUT2D eigenvalue weighted by Gasteiger charge is -2.23. The fraction of sp³-hybridized carbons (Fsp3) is 0.347. The Bertz CT molecular complexity index is 2590. The third-order valence-electron chi connectivity index (χ3n) is 10.8. The van der Waals surface area contributed by atoms with Gasteiger partial charge in [0.15, 0.2) is 17.6 Å². The first kappa shape index (κ1) is 47.5. The molecule has 332 valence electrons. The normalized spacial score (nSPS) is 12.3. The van der Waals surface area contributed by atoms with Crippen LogP contribution in [-0.4, -0.2) is 26.9 Å². The summed E-state index contributed by atoms with van der Waals surface area (Å²) >= 11 is 26.1. The Balaban J connectivity index is 1.26. The van der Waals surface area contributed by atoms with Crippen molar-refractivity contribution in [3.05, 3.63) is 127 Å². The minimum Gasteiger partial charge on any atom is -0.508 e. The monoisotopic (exact) mass is 930 g/mol. The van der Waals surface area contributed by atoms with Crippen molar-refractivity contribution in [1.82, 2.24) is 9.78 Å². The minimum atomic E-state index is -0.830. The molecule has 0 spiro atoms. The molecule has 4 N–H and O–H groups in total. The van der Waals surface area contributed by atoms with E-state index in [9.17, 15) is 14.7 Å². The number of hydrogen-bond donors (Lipinski definition) is 4. The quantitative estimate of drug-likeness (QED) is 0.0447. The number of phenols is 1. The number of carbonyl (C=O) groups is 1. The smallest absolute Gasteiger partial charge is 0.301 e. The number of halogens is 4. The molecule has 0 aliphatic carbocycles. The second kappa shape index (κ2) is 22.1. The predicted molar refractivity (Wildman–Crippen MR) is 261 cm³/mol. The van der Waals surface area contributed by atoms with Crippen LogP contribution in [0.1, 0.15) is 104 Å². The third kappa shape index (κ3) is 12.6. The van der Waals surface area contributed by atoms with Gasteiger partial charge in [-0.1, -0.05) is 168 Å². The van der Waals surface area contributed by atoms with Gasteiger partial charge in [-0.05, 0) is 78.2 Å². The fourth-order valence-corrected chi connectivity index (χ4v) is 8.53. The lowest BCUT2D eigenvalue weighted by molar-refractivity contribution is -0.123. The van der Waals surface area contributed by atoms with E-state index in [-0.39, 0.29) is 49.3 Å². The van der Waals surface area contributed by atoms with Gasteiger partial charge in [0.05, 0.1) is 26.4 Å². The fourth-order valence-electron chi connectivity index (χ4n) is 7.38. The van der Waals surface area contributed by atoms with E-state index in [1.165, 1.54) is 50.7 Å². The van der Waals surface area contributed by atoms with Gasteiger partial charge in [-0.25, -0.2) is 4.68 Å². The molecule has 0 bridgehead atoms. The summed E-state index contributed by atoms with van der Waals surface area (Å²) in [6.45, 7) is 8.26. The van der Waals surface area contributed by atoms with Gasteiger partial charge in [-0.3, -0.25) is 14.7 Å². The number of nitrogens with one attached hydrogen (secondary N) is 3. The molecule has 63 heavy (non-hydrogen) atoms. The lowest BCUT2D eigenvalue weighted by Crippen LogP contribution is -2.33. The highest BCUT2D eigenvalue weighted by atomic mass is 35.5. The zero-order chi connectivity index (χ0) is 45.1. The summed E-state index contributed by atoms with van der Waals surface area (Å²) in [5, 5.41) is 31.4. The van der Waals surface area contributed by atoms with Crippen molar-refractivity contribution in [2.75, 3.05) is 10.6 Å². The molecule has 0 fully saturated rings. The molecule has 1 aromatic heterocycles. The number of ether oxygens (including phenoxy) is 1. The molecular weight excluding hydrogens is 878 g/mol. The molecular formula is C49H54Cl4N6O4. The molecule has 0 radical (unpaired) electrons. The van der Waals surface area contributed by atoms with Gasteiger partial charge in [-0.15, -0.1) is 10.2 Å². The number of rotatable bonds is 20. The number of nitrogens with zero attached hydrogens (tertiary/aromatic N) is 3. The number of unbranched alkanes of at least 4 members (excludes halogenated alkanes) is 9. The van der Waals surface area contributed by atoms with Crippen molar-refractivity contribution in [2.24, 2.45) is 10.2 Å². The summed E-state index contributed by atoms with van der Waals surface area (Å²) in [5.41, 5.74) is 1.15. The summed E-state index contributed by atoms with van der Waals surface area (Å²) in [4.78, 5) is 28.3. The molecule has 1 heterocycles. The van der Waals surface area contributed by atoms with E-state index < -0.39 is 11.7 Å². The molecule has 1 unspecified atom stereocenters. The maximum absolute atomic E-state index is 14.1. The van der Waals surface area contributed by atoms with E-state index in [0.29, 0.717) is 34.3 Å². The third-order valence-corrected chi connectivity index (χ3v) is 11.9. The number of anilines is 3. The molecule has 5 aromatic carbocycles. The van der Waals surface area contributed by atoms with Crippen LogP contribution >= 0.6 is 46.4 Å². The molecule has 0 aliphatic rings. The highest BCUT2D eigenvalue weighted by molar-refractivity contribution is 6.40. The first-order valence-electron chi connectivity index (χ1n) is 21.5. The number of aromatic nitrogens is 2. The molecule has 1 atom stereocenters. The van der Waals surface area contributed by atoms with E-state index in [1.807, 2.05) is 57.2 Å². The van der Waals surface area contributed by atoms with Crippen molar-refractivity contribution in [3.63, 3.8) is 0 Å². The van der Waals surface area contributed by atoms with E-state index in [4.69, 9.17) is 51.1 Å². The number of benzene rings is 5.